The molecule has 0 unspecified atom stereocenters. The monoisotopic (exact) mass is 481 g/mol. The van der Waals surface area contributed by atoms with E-state index in [1.54, 1.807) is 48.5 Å². The van der Waals surface area contributed by atoms with Gasteiger partial charge in [-0.25, -0.2) is 0 Å². The van der Waals surface area contributed by atoms with E-state index in [1.807, 2.05) is 4.90 Å². The van der Waals surface area contributed by atoms with Crippen LogP contribution in [-0.2, 0) is 4.79 Å². The molecule has 1 aliphatic heterocycles. The van der Waals surface area contributed by atoms with Gasteiger partial charge in [-0.05, 0) is 80.8 Å². The first-order valence-corrected chi connectivity index (χ1v) is 12.5. The molecule has 2 fully saturated rings. The lowest BCUT2D eigenvalue weighted by molar-refractivity contribution is -0.127. The molecule has 1 heterocycles. The zero-order valence-electron chi connectivity index (χ0n) is 19.6. The number of hydrogen-bond acceptors (Lipinski definition) is 3. The molecule has 0 aromatic heterocycles. The zero-order valence-corrected chi connectivity index (χ0v) is 20.3. The lowest BCUT2D eigenvalue weighted by Crippen LogP contribution is -2.46. The minimum atomic E-state index is -0.298. The molecule has 0 bridgehead atoms. The number of halogens is 1. The van der Waals surface area contributed by atoms with Crippen LogP contribution in [0.5, 0.6) is 0 Å². The maximum Gasteiger partial charge on any atom is 0.257 e. The van der Waals surface area contributed by atoms with Crippen LogP contribution in [0.15, 0.2) is 48.5 Å². The number of benzene rings is 2. The van der Waals surface area contributed by atoms with Gasteiger partial charge in [-0.1, -0.05) is 30.7 Å². The van der Waals surface area contributed by atoms with Crippen molar-refractivity contribution >= 4 is 35.0 Å². The second kappa shape index (κ2) is 11.0. The Morgan fingerprint density at radius 2 is 1.53 bits per heavy atom. The second-order valence-corrected chi connectivity index (χ2v) is 9.95. The molecule has 7 heteroatoms. The van der Waals surface area contributed by atoms with Crippen LogP contribution in [-0.4, -0.2) is 41.8 Å². The van der Waals surface area contributed by atoms with Crippen LogP contribution in [0.3, 0.4) is 0 Å². The maximum atomic E-state index is 12.9. The van der Waals surface area contributed by atoms with Crippen LogP contribution in [0, 0.1) is 11.8 Å². The van der Waals surface area contributed by atoms with Gasteiger partial charge in [0.15, 0.2) is 0 Å². The van der Waals surface area contributed by atoms with Gasteiger partial charge in [-0.2, -0.15) is 0 Å². The van der Waals surface area contributed by atoms with Crippen molar-refractivity contribution in [1.82, 2.24) is 10.2 Å². The molecule has 6 nitrogen and oxygen atoms in total. The Kier molecular flexibility index (Phi) is 7.88. The Balaban J connectivity index is 1.26. The van der Waals surface area contributed by atoms with Crippen molar-refractivity contribution in [2.24, 2.45) is 11.8 Å². The number of carbonyl (C=O) groups excluding carboxylic acids is 3. The molecular formula is C27H32ClN3O3. The summed E-state index contributed by atoms with van der Waals surface area (Å²) in [5.41, 5.74) is 1.55. The average Bonchev–Trinajstić information content (AvgIpc) is 2.86. The summed E-state index contributed by atoms with van der Waals surface area (Å²) in [5.74, 6) is 0.531. The molecule has 4 rings (SSSR count). The molecule has 1 saturated carbocycles. The van der Waals surface area contributed by atoms with Gasteiger partial charge in [-0.15, -0.1) is 0 Å². The quantitative estimate of drug-likeness (QED) is 0.620. The van der Waals surface area contributed by atoms with Gasteiger partial charge < -0.3 is 15.5 Å². The van der Waals surface area contributed by atoms with Crippen molar-refractivity contribution in [2.75, 3.05) is 18.4 Å². The minimum Gasteiger partial charge on any atom is -0.353 e. The first-order chi connectivity index (χ1) is 16.4. The lowest BCUT2D eigenvalue weighted by Gasteiger charge is -2.33. The van der Waals surface area contributed by atoms with E-state index in [4.69, 9.17) is 11.6 Å². The number of piperidine rings is 1. The molecule has 0 radical (unpaired) electrons. The number of nitrogens with zero attached hydrogens (tertiary/aromatic N) is 1. The Morgan fingerprint density at radius 3 is 2.18 bits per heavy atom. The predicted molar refractivity (Wildman–Crippen MR) is 134 cm³/mol. The Bertz CT molecular complexity index is 1020. The summed E-state index contributed by atoms with van der Waals surface area (Å²) in [6, 6.07) is 14.0. The zero-order chi connectivity index (χ0) is 24.1. The third-order valence-corrected chi connectivity index (χ3v) is 7.35. The van der Waals surface area contributed by atoms with E-state index in [9.17, 15) is 14.4 Å². The number of hydrogen-bond donors (Lipinski definition) is 2. The van der Waals surface area contributed by atoms with E-state index >= 15 is 0 Å². The maximum absolute atomic E-state index is 12.9. The molecule has 180 valence electrons. The first kappa shape index (κ1) is 24.3. The standard InChI is InChI=1S/C27H32ClN3O3/c1-18-6-10-21(11-7-18)29-25(32)19-14-16-31(17-15-19)27(34)20-8-12-22(13-9-20)30-26(33)23-4-2-3-5-24(23)28/h2-5,8-9,12-13,18-19,21H,6-7,10-11,14-17H2,1H3,(H,29,32)(H,30,33). The predicted octanol–water partition coefficient (Wildman–Crippen LogP) is 5.14. The average molecular weight is 482 g/mol. The Morgan fingerprint density at radius 1 is 0.882 bits per heavy atom. The fourth-order valence-electron chi connectivity index (χ4n) is 4.79. The largest absolute Gasteiger partial charge is 0.353 e. The summed E-state index contributed by atoms with van der Waals surface area (Å²) in [7, 11) is 0. The fraction of sp³-hybridized carbons (Fsp3) is 0.444. The van der Waals surface area contributed by atoms with Crippen molar-refractivity contribution in [3.8, 4) is 0 Å². The molecule has 1 aliphatic carbocycles. The minimum absolute atomic E-state index is 0.0224. The normalized spacial score (nSPS) is 21.1. The van der Waals surface area contributed by atoms with Gasteiger partial charge in [-0.3, -0.25) is 14.4 Å². The highest BCUT2D eigenvalue weighted by Crippen LogP contribution is 2.25. The molecule has 2 aromatic rings. The fourth-order valence-corrected chi connectivity index (χ4v) is 5.01. The molecule has 2 aliphatic rings. The summed E-state index contributed by atoms with van der Waals surface area (Å²) in [6.07, 6.45) is 5.87. The second-order valence-electron chi connectivity index (χ2n) is 9.54. The van der Waals surface area contributed by atoms with Crippen LogP contribution in [0.25, 0.3) is 0 Å². The lowest BCUT2D eigenvalue weighted by atomic mass is 9.86. The van der Waals surface area contributed by atoms with Crippen LogP contribution in [0.2, 0.25) is 5.02 Å². The molecule has 0 spiro atoms. The van der Waals surface area contributed by atoms with E-state index in [0.29, 0.717) is 53.8 Å². The van der Waals surface area contributed by atoms with Crippen molar-refractivity contribution in [2.45, 2.75) is 51.5 Å². The van der Waals surface area contributed by atoms with Gasteiger partial charge in [0.25, 0.3) is 11.8 Å². The van der Waals surface area contributed by atoms with Gasteiger partial charge >= 0.3 is 0 Å². The topological polar surface area (TPSA) is 78.5 Å². The number of nitrogens with one attached hydrogen (secondary N) is 2. The summed E-state index contributed by atoms with van der Waals surface area (Å²) in [6.45, 7) is 3.42. The third-order valence-electron chi connectivity index (χ3n) is 7.02. The van der Waals surface area contributed by atoms with Crippen molar-refractivity contribution in [3.63, 3.8) is 0 Å². The number of anilines is 1. The van der Waals surface area contributed by atoms with Crippen LogP contribution < -0.4 is 10.6 Å². The van der Waals surface area contributed by atoms with Gasteiger partial charge in [0.05, 0.1) is 10.6 Å². The molecule has 0 atom stereocenters. The smallest absolute Gasteiger partial charge is 0.257 e. The SMILES string of the molecule is CC1CCC(NC(=O)C2CCN(C(=O)c3ccc(NC(=O)c4ccccc4Cl)cc3)CC2)CC1. The highest BCUT2D eigenvalue weighted by Gasteiger charge is 2.29. The van der Waals surface area contributed by atoms with E-state index < -0.39 is 0 Å². The highest BCUT2D eigenvalue weighted by molar-refractivity contribution is 6.34. The number of carbonyl (C=O) groups is 3. The van der Waals surface area contributed by atoms with E-state index in [2.05, 4.69) is 17.6 Å². The van der Waals surface area contributed by atoms with E-state index in [0.717, 1.165) is 18.8 Å². The van der Waals surface area contributed by atoms with Gasteiger partial charge in [0.2, 0.25) is 5.91 Å². The molecule has 2 aromatic carbocycles. The van der Waals surface area contributed by atoms with Crippen molar-refractivity contribution in [3.05, 3.63) is 64.7 Å². The van der Waals surface area contributed by atoms with Gasteiger partial charge in [0.1, 0.15) is 0 Å². The molecule has 3 amide bonds. The molecule has 1 saturated heterocycles. The molecular weight excluding hydrogens is 450 g/mol. The first-order valence-electron chi connectivity index (χ1n) is 12.2. The number of likely N-dealkylation sites (tertiary alicyclic amines) is 1. The number of amides is 3. The van der Waals surface area contributed by atoms with E-state index in [-0.39, 0.29) is 23.6 Å². The van der Waals surface area contributed by atoms with E-state index in [1.165, 1.54) is 12.8 Å². The molecule has 2 N–H and O–H groups in total. The third kappa shape index (κ3) is 5.98. The summed E-state index contributed by atoms with van der Waals surface area (Å²) < 4.78 is 0. The highest BCUT2D eigenvalue weighted by atomic mass is 35.5. The molecule has 34 heavy (non-hydrogen) atoms. The summed E-state index contributed by atoms with van der Waals surface area (Å²) in [4.78, 5) is 39.9. The Labute approximate surface area is 206 Å². The van der Waals surface area contributed by atoms with Crippen LogP contribution >= 0.6 is 11.6 Å². The van der Waals surface area contributed by atoms with Crippen LogP contribution in [0.4, 0.5) is 5.69 Å². The summed E-state index contributed by atoms with van der Waals surface area (Å²) >= 11 is 6.09. The van der Waals surface area contributed by atoms with Crippen LogP contribution in [0.1, 0.15) is 66.2 Å². The van der Waals surface area contributed by atoms with Gasteiger partial charge in [0, 0.05) is 36.3 Å². The van der Waals surface area contributed by atoms with Crippen molar-refractivity contribution < 1.29 is 14.4 Å². The Hall–Kier alpha value is -2.86. The van der Waals surface area contributed by atoms with Crippen molar-refractivity contribution in [1.29, 1.82) is 0 Å². The number of rotatable bonds is 5. The summed E-state index contributed by atoms with van der Waals surface area (Å²) in [5, 5.41) is 6.43.